The number of carboxylic acid groups (broad SMARTS) is 1. The lowest BCUT2D eigenvalue weighted by Gasteiger charge is -2.64. The van der Waals surface area contributed by atoms with E-state index in [-0.39, 0.29) is 17.8 Å². The fourth-order valence-corrected chi connectivity index (χ4v) is 8.17. The molecular weight excluding hydrogens is 336 g/mol. The van der Waals surface area contributed by atoms with Crippen molar-refractivity contribution in [3.63, 3.8) is 0 Å². The summed E-state index contributed by atoms with van der Waals surface area (Å²) in [6.45, 7) is 3.42. The molecule has 6 heteroatoms. The van der Waals surface area contributed by atoms with Gasteiger partial charge in [-0.1, -0.05) is 13.3 Å². The maximum absolute atomic E-state index is 12.1. The van der Waals surface area contributed by atoms with Gasteiger partial charge in [-0.05, 0) is 68.6 Å². The fraction of sp³-hybridized carbons (Fsp3) is 0.950. The Morgan fingerprint density at radius 3 is 2.46 bits per heavy atom. The van der Waals surface area contributed by atoms with Crippen LogP contribution in [0.25, 0.3) is 0 Å². The number of aliphatic hydroxyl groups is 4. The van der Waals surface area contributed by atoms with E-state index in [9.17, 15) is 30.3 Å². The fourth-order valence-electron chi connectivity index (χ4n) is 8.17. The van der Waals surface area contributed by atoms with Gasteiger partial charge in [-0.15, -0.1) is 0 Å². The first-order valence-electron chi connectivity index (χ1n) is 9.99. The van der Waals surface area contributed by atoms with E-state index in [0.29, 0.717) is 32.1 Å². The zero-order valence-electron chi connectivity index (χ0n) is 15.7. The van der Waals surface area contributed by atoms with Gasteiger partial charge in [-0.2, -0.15) is 0 Å². The van der Waals surface area contributed by atoms with Crippen LogP contribution in [0.1, 0.15) is 58.8 Å². The van der Waals surface area contributed by atoms with Gasteiger partial charge in [0.15, 0.2) is 0 Å². The minimum atomic E-state index is -1.57. The van der Waals surface area contributed by atoms with E-state index in [1.165, 1.54) is 0 Å². The van der Waals surface area contributed by atoms with Crippen molar-refractivity contribution in [1.82, 2.24) is 0 Å². The van der Waals surface area contributed by atoms with Gasteiger partial charge in [-0.3, -0.25) is 4.79 Å². The van der Waals surface area contributed by atoms with Gasteiger partial charge in [0.2, 0.25) is 0 Å². The Balaban J connectivity index is 1.81. The van der Waals surface area contributed by atoms with E-state index in [1.807, 2.05) is 6.92 Å². The van der Waals surface area contributed by atoms with E-state index in [1.54, 1.807) is 0 Å². The van der Waals surface area contributed by atoms with Crippen LogP contribution < -0.4 is 0 Å². The van der Waals surface area contributed by atoms with Crippen molar-refractivity contribution in [3.05, 3.63) is 0 Å². The van der Waals surface area contributed by atoms with Crippen molar-refractivity contribution in [2.24, 2.45) is 34.0 Å². The second-order valence-corrected chi connectivity index (χ2v) is 10.1. The molecule has 4 aliphatic carbocycles. The third-order valence-corrected chi connectivity index (χ3v) is 9.21. The Morgan fingerprint density at radius 2 is 1.85 bits per heavy atom. The number of aliphatic hydroxyl groups excluding tert-OH is 3. The highest BCUT2D eigenvalue weighted by atomic mass is 16.4. The summed E-state index contributed by atoms with van der Waals surface area (Å²) in [7, 11) is 0. The lowest BCUT2D eigenvalue weighted by Crippen LogP contribution is -2.64. The number of aliphatic carboxylic acids is 1. The first kappa shape index (κ1) is 18.7. The van der Waals surface area contributed by atoms with Crippen molar-refractivity contribution < 1.29 is 30.3 Å². The maximum Gasteiger partial charge on any atom is 0.309 e. The van der Waals surface area contributed by atoms with E-state index in [4.69, 9.17) is 0 Å². The van der Waals surface area contributed by atoms with Crippen molar-refractivity contribution in [1.29, 1.82) is 0 Å². The Hall–Kier alpha value is -0.690. The Bertz CT molecular complexity index is 623. The summed E-state index contributed by atoms with van der Waals surface area (Å²) in [5.41, 5.74) is -3.41. The highest BCUT2D eigenvalue weighted by molar-refractivity contribution is 5.75. The molecule has 0 aromatic carbocycles. The molecule has 1 spiro atoms. The first-order valence-corrected chi connectivity index (χ1v) is 9.99. The molecule has 4 aliphatic rings. The number of carboxylic acids is 1. The van der Waals surface area contributed by atoms with E-state index >= 15 is 0 Å². The molecule has 6 nitrogen and oxygen atoms in total. The summed E-state index contributed by atoms with van der Waals surface area (Å²) in [4.78, 5) is 12.1. The molecular formula is C20H32O6. The lowest BCUT2D eigenvalue weighted by atomic mass is 9.40. The van der Waals surface area contributed by atoms with Crippen molar-refractivity contribution in [3.8, 4) is 0 Å². The Kier molecular flexibility index (Phi) is 3.90. The summed E-state index contributed by atoms with van der Waals surface area (Å²) >= 11 is 0. The molecule has 4 saturated carbocycles. The second-order valence-electron chi connectivity index (χ2n) is 10.1. The third-order valence-electron chi connectivity index (χ3n) is 9.21. The molecule has 2 bridgehead atoms. The quantitative estimate of drug-likeness (QED) is 0.499. The van der Waals surface area contributed by atoms with Crippen LogP contribution in [0.3, 0.4) is 0 Å². The topological polar surface area (TPSA) is 118 Å². The second kappa shape index (κ2) is 5.43. The maximum atomic E-state index is 12.1. The Morgan fingerprint density at radius 1 is 1.15 bits per heavy atom. The number of carbonyl (C=O) groups is 1. The van der Waals surface area contributed by atoms with Crippen molar-refractivity contribution >= 4 is 5.97 Å². The summed E-state index contributed by atoms with van der Waals surface area (Å²) < 4.78 is 0. The zero-order chi connectivity index (χ0) is 19.1. The van der Waals surface area contributed by atoms with E-state index in [0.717, 1.165) is 12.8 Å². The van der Waals surface area contributed by atoms with Crippen molar-refractivity contribution in [2.75, 3.05) is 6.61 Å². The minimum absolute atomic E-state index is 0.0573. The number of rotatable bonds is 2. The molecule has 5 N–H and O–H groups in total. The molecule has 0 amide bonds. The largest absolute Gasteiger partial charge is 0.481 e. The van der Waals surface area contributed by atoms with Gasteiger partial charge in [0.25, 0.3) is 0 Å². The lowest BCUT2D eigenvalue weighted by molar-refractivity contribution is -0.218. The van der Waals surface area contributed by atoms with Gasteiger partial charge >= 0.3 is 5.97 Å². The van der Waals surface area contributed by atoms with Gasteiger partial charge in [0.05, 0.1) is 24.2 Å². The molecule has 4 fully saturated rings. The van der Waals surface area contributed by atoms with Crippen LogP contribution in [0.15, 0.2) is 0 Å². The summed E-state index contributed by atoms with van der Waals surface area (Å²) in [6.07, 6.45) is 2.72. The predicted molar refractivity (Wildman–Crippen MR) is 93.1 cm³/mol. The molecule has 26 heavy (non-hydrogen) atoms. The van der Waals surface area contributed by atoms with E-state index in [2.05, 4.69) is 6.92 Å². The van der Waals surface area contributed by atoms with Crippen LogP contribution >= 0.6 is 0 Å². The summed E-state index contributed by atoms with van der Waals surface area (Å²) in [6, 6.07) is 0. The molecule has 9 atom stereocenters. The Labute approximate surface area is 154 Å². The predicted octanol–water partition coefficient (Wildman–Crippen LogP) is 1.15. The van der Waals surface area contributed by atoms with Gasteiger partial charge in [0, 0.05) is 5.41 Å². The third kappa shape index (κ3) is 1.94. The normalized spacial score (nSPS) is 58.8. The molecule has 0 heterocycles. The molecule has 0 aromatic rings. The van der Waals surface area contributed by atoms with Gasteiger partial charge in [0.1, 0.15) is 5.60 Å². The molecule has 0 aliphatic heterocycles. The monoisotopic (exact) mass is 368 g/mol. The zero-order valence-corrected chi connectivity index (χ0v) is 15.7. The SMILES string of the molecule is CC1(C(=O)O)CCCC2(C)C1CCC13CC(CC(O)C21)C(O)(CO)C3O. The molecule has 0 radical (unpaired) electrons. The standard InChI is InChI=1S/C20H32O6/c1-17-5-3-6-18(2,16(24)25)13(17)4-7-19-9-11(8-12(22)14(17)19)20(26,10-21)15(19)23/h11-15,21-23,26H,3-10H2,1-2H3,(H,24,25). The van der Waals surface area contributed by atoms with E-state index < -0.39 is 46.6 Å². The molecule has 0 aromatic heterocycles. The summed E-state index contributed by atoms with van der Waals surface area (Å²) in [5.74, 6) is -1.40. The molecule has 0 saturated heterocycles. The summed E-state index contributed by atoms with van der Waals surface area (Å²) in [5, 5.41) is 52.9. The molecule has 9 unspecified atom stereocenters. The first-order chi connectivity index (χ1) is 12.1. The number of hydrogen-bond acceptors (Lipinski definition) is 5. The average Bonchev–Trinajstić information content (AvgIpc) is 2.73. The van der Waals surface area contributed by atoms with Crippen LogP contribution in [-0.4, -0.2) is 55.9 Å². The molecule has 4 rings (SSSR count). The van der Waals surface area contributed by atoms with Crippen LogP contribution in [0.4, 0.5) is 0 Å². The van der Waals surface area contributed by atoms with Gasteiger partial charge < -0.3 is 25.5 Å². The van der Waals surface area contributed by atoms with Crippen LogP contribution in [0.5, 0.6) is 0 Å². The van der Waals surface area contributed by atoms with Crippen LogP contribution in [0, 0.1) is 34.0 Å². The van der Waals surface area contributed by atoms with Crippen molar-refractivity contribution in [2.45, 2.75) is 76.6 Å². The number of hydrogen-bond donors (Lipinski definition) is 5. The van der Waals surface area contributed by atoms with Gasteiger partial charge in [-0.25, -0.2) is 0 Å². The minimum Gasteiger partial charge on any atom is -0.481 e. The van der Waals surface area contributed by atoms with Crippen LogP contribution in [-0.2, 0) is 4.79 Å². The highest BCUT2D eigenvalue weighted by Crippen LogP contribution is 2.72. The average molecular weight is 368 g/mol. The van der Waals surface area contributed by atoms with Crippen LogP contribution in [0.2, 0.25) is 0 Å². The highest BCUT2D eigenvalue weighted by Gasteiger charge is 2.74. The number of fused-ring (bicyclic) bond motifs is 3. The molecule has 148 valence electrons. The smallest absolute Gasteiger partial charge is 0.309 e.